The Kier molecular flexibility index (Phi) is 8.24. The molecule has 0 bridgehead atoms. The van der Waals surface area contributed by atoms with Gasteiger partial charge in [-0.3, -0.25) is 0 Å². The predicted molar refractivity (Wildman–Crippen MR) is 143 cm³/mol. The second kappa shape index (κ2) is 10.9. The fourth-order valence-corrected chi connectivity index (χ4v) is 4.65. The molecular formula is C31H41NO. The second-order valence-corrected chi connectivity index (χ2v) is 10.4. The highest BCUT2D eigenvalue weighted by molar-refractivity contribution is 5.57. The standard InChI is InChI=1S/C31H41NO/c1-22(15-17-28-24(3)12-9-19-31(28,5)6)10-7-11-23(2)20-29(26-13-8-14-26)32-27-16-18-30(33)25(4)21-27/h7,10-11,15-18,20-21,32-33H,8-9,12-14,19H2,1-6H3/b11-7+,17-15+,22-10+,23-20+. The summed E-state index contributed by atoms with van der Waals surface area (Å²) >= 11 is 0. The molecule has 0 unspecified atom stereocenters. The maximum atomic E-state index is 9.81. The van der Waals surface area contributed by atoms with Crippen molar-refractivity contribution in [2.24, 2.45) is 5.41 Å². The lowest BCUT2D eigenvalue weighted by atomic mass is 9.72. The molecule has 176 valence electrons. The maximum Gasteiger partial charge on any atom is 0.118 e. The summed E-state index contributed by atoms with van der Waals surface area (Å²) in [6.07, 6.45) is 20.7. The monoisotopic (exact) mass is 443 g/mol. The number of allylic oxidation sites excluding steroid dienone is 11. The quantitative estimate of drug-likeness (QED) is 0.325. The highest BCUT2D eigenvalue weighted by Crippen LogP contribution is 2.40. The molecule has 0 aromatic heterocycles. The van der Waals surface area contributed by atoms with Gasteiger partial charge in [0.1, 0.15) is 5.75 Å². The smallest absolute Gasteiger partial charge is 0.118 e. The zero-order chi connectivity index (χ0) is 24.0. The Hall–Kier alpha value is -2.74. The molecule has 0 amide bonds. The Morgan fingerprint density at radius 3 is 2.39 bits per heavy atom. The first-order chi connectivity index (χ1) is 15.7. The zero-order valence-electron chi connectivity index (χ0n) is 21.4. The molecule has 33 heavy (non-hydrogen) atoms. The van der Waals surface area contributed by atoms with E-state index in [0.29, 0.717) is 5.75 Å². The average molecular weight is 444 g/mol. The van der Waals surface area contributed by atoms with E-state index in [1.807, 2.05) is 19.1 Å². The maximum absolute atomic E-state index is 9.81. The van der Waals surface area contributed by atoms with Gasteiger partial charge in [0, 0.05) is 11.4 Å². The topological polar surface area (TPSA) is 32.3 Å². The zero-order valence-corrected chi connectivity index (χ0v) is 21.4. The first kappa shape index (κ1) is 24.9. The molecule has 1 saturated carbocycles. The third-order valence-electron chi connectivity index (χ3n) is 6.96. The number of rotatable bonds is 7. The number of aryl methyl sites for hydroxylation is 1. The SMILES string of the molecule is CC1=C(/C=C/C(C)=C/C=C/C(C)=C/C(Nc2ccc(O)c(C)c2)=C2CCC2)C(C)(C)CCC1. The van der Waals surface area contributed by atoms with E-state index in [1.54, 1.807) is 6.07 Å². The van der Waals surface area contributed by atoms with Gasteiger partial charge in [0.15, 0.2) is 0 Å². The summed E-state index contributed by atoms with van der Waals surface area (Å²) in [7, 11) is 0. The first-order valence-corrected chi connectivity index (χ1v) is 12.4. The molecule has 1 aromatic carbocycles. The van der Waals surface area contributed by atoms with Crippen molar-refractivity contribution in [1.82, 2.24) is 0 Å². The van der Waals surface area contributed by atoms with Crippen LogP contribution in [-0.2, 0) is 0 Å². The minimum Gasteiger partial charge on any atom is -0.508 e. The molecule has 2 N–H and O–H groups in total. The average Bonchev–Trinajstić information content (AvgIpc) is 2.68. The normalized spacial score (nSPS) is 19.4. The number of hydrogen-bond donors (Lipinski definition) is 2. The third-order valence-corrected chi connectivity index (χ3v) is 6.96. The van der Waals surface area contributed by atoms with Gasteiger partial charge in [-0.15, -0.1) is 0 Å². The number of aromatic hydroxyl groups is 1. The summed E-state index contributed by atoms with van der Waals surface area (Å²) in [5, 5.41) is 13.4. The van der Waals surface area contributed by atoms with Crippen LogP contribution in [0.4, 0.5) is 5.69 Å². The largest absolute Gasteiger partial charge is 0.508 e. The number of phenols is 1. The van der Waals surface area contributed by atoms with Crippen molar-refractivity contribution in [3.05, 3.63) is 93.8 Å². The van der Waals surface area contributed by atoms with Crippen LogP contribution in [0.1, 0.15) is 78.7 Å². The summed E-state index contributed by atoms with van der Waals surface area (Å²) in [5.41, 5.74) is 10.4. The summed E-state index contributed by atoms with van der Waals surface area (Å²) in [6, 6.07) is 5.69. The number of hydrogen-bond acceptors (Lipinski definition) is 2. The van der Waals surface area contributed by atoms with Crippen LogP contribution in [0.15, 0.2) is 88.2 Å². The molecule has 2 heteroatoms. The summed E-state index contributed by atoms with van der Waals surface area (Å²) in [5.74, 6) is 0.336. The first-order valence-electron chi connectivity index (χ1n) is 12.4. The van der Waals surface area contributed by atoms with Gasteiger partial charge in [-0.2, -0.15) is 0 Å². The van der Waals surface area contributed by atoms with E-state index in [9.17, 15) is 5.11 Å². The van der Waals surface area contributed by atoms with Gasteiger partial charge >= 0.3 is 0 Å². The van der Waals surface area contributed by atoms with Crippen molar-refractivity contribution in [3.63, 3.8) is 0 Å². The van der Waals surface area contributed by atoms with Gasteiger partial charge in [0.25, 0.3) is 0 Å². The molecule has 0 atom stereocenters. The van der Waals surface area contributed by atoms with E-state index >= 15 is 0 Å². The number of phenolic OH excluding ortho intramolecular Hbond substituents is 1. The van der Waals surface area contributed by atoms with Crippen molar-refractivity contribution >= 4 is 5.69 Å². The lowest BCUT2D eigenvalue weighted by molar-refractivity contribution is 0.377. The Morgan fingerprint density at radius 1 is 1.00 bits per heavy atom. The van der Waals surface area contributed by atoms with E-state index in [4.69, 9.17) is 0 Å². The molecule has 1 aromatic rings. The molecule has 0 heterocycles. The molecular weight excluding hydrogens is 402 g/mol. The van der Waals surface area contributed by atoms with E-state index in [-0.39, 0.29) is 5.41 Å². The lowest BCUT2D eigenvalue weighted by Gasteiger charge is -2.32. The van der Waals surface area contributed by atoms with Crippen LogP contribution in [0, 0.1) is 12.3 Å². The van der Waals surface area contributed by atoms with Crippen LogP contribution >= 0.6 is 0 Å². The van der Waals surface area contributed by atoms with Gasteiger partial charge in [-0.1, -0.05) is 55.4 Å². The Bertz CT molecular complexity index is 1050. The molecule has 2 aliphatic carbocycles. The van der Waals surface area contributed by atoms with Crippen molar-refractivity contribution in [2.75, 3.05) is 5.32 Å². The number of benzene rings is 1. The fraction of sp³-hybridized carbons (Fsp3) is 0.419. The summed E-state index contributed by atoms with van der Waals surface area (Å²) < 4.78 is 0. The van der Waals surface area contributed by atoms with Crippen molar-refractivity contribution in [2.45, 2.75) is 80.1 Å². The Morgan fingerprint density at radius 2 is 1.76 bits per heavy atom. The molecule has 3 rings (SSSR count). The van der Waals surface area contributed by atoms with E-state index in [2.05, 4.69) is 76.4 Å². The van der Waals surface area contributed by atoms with Gasteiger partial charge < -0.3 is 10.4 Å². The highest BCUT2D eigenvalue weighted by Gasteiger charge is 2.26. The highest BCUT2D eigenvalue weighted by atomic mass is 16.3. The van der Waals surface area contributed by atoms with Gasteiger partial charge in [0.2, 0.25) is 0 Å². The van der Waals surface area contributed by atoms with Crippen LogP contribution in [-0.4, -0.2) is 5.11 Å². The Labute approximate surface area is 201 Å². The van der Waals surface area contributed by atoms with Crippen molar-refractivity contribution < 1.29 is 5.11 Å². The molecule has 0 aliphatic heterocycles. The van der Waals surface area contributed by atoms with Gasteiger partial charge in [-0.25, -0.2) is 0 Å². The minimum atomic E-state index is 0.280. The summed E-state index contributed by atoms with van der Waals surface area (Å²) in [4.78, 5) is 0. The molecule has 0 saturated heterocycles. The summed E-state index contributed by atoms with van der Waals surface area (Å²) in [6.45, 7) is 13.3. The molecule has 2 aliphatic rings. The second-order valence-electron chi connectivity index (χ2n) is 10.4. The minimum absolute atomic E-state index is 0.280. The molecule has 1 fully saturated rings. The molecule has 0 spiro atoms. The molecule has 2 nitrogen and oxygen atoms in total. The van der Waals surface area contributed by atoms with E-state index in [0.717, 1.165) is 24.1 Å². The molecule has 0 radical (unpaired) electrons. The van der Waals surface area contributed by atoms with Gasteiger partial charge in [0.05, 0.1) is 0 Å². The third kappa shape index (κ3) is 6.87. The van der Waals surface area contributed by atoms with Crippen molar-refractivity contribution in [1.29, 1.82) is 0 Å². The van der Waals surface area contributed by atoms with Crippen LogP contribution in [0.5, 0.6) is 5.75 Å². The van der Waals surface area contributed by atoms with Crippen LogP contribution in [0.2, 0.25) is 0 Å². The fourth-order valence-electron chi connectivity index (χ4n) is 4.65. The van der Waals surface area contributed by atoms with Crippen LogP contribution in [0.25, 0.3) is 0 Å². The number of nitrogens with one attached hydrogen (secondary N) is 1. The Balaban J connectivity index is 1.69. The van der Waals surface area contributed by atoms with E-state index in [1.165, 1.54) is 59.2 Å². The van der Waals surface area contributed by atoms with E-state index < -0.39 is 0 Å². The lowest BCUT2D eigenvalue weighted by Crippen LogP contribution is -2.19. The number of anilines is 1. The van der Waals surface area contributed by atoms with Gasteiger partial charge in [-0.05, 0) is 118 Å². The predicted octanol–water partition coefficient (Wildman–Crippen LogP) is 9.08. The van der Waals surface area contributed by atoms with Crippen LogP contribution in [0.3, 0.4) is 0 Å². The van der Waals surface area contributed by atoms with Crippen LogP contribution < -0.4 is 5.32 Å². The van der Waals surface area contributed by atoms with Crippen molar-refractivity contribution in [3.8, 4) is 5.75 Å².